The van der Waals surface area contributed by atoms with Gasteiger partial charge in [-0.3, -0.25) is 9.20 Å². The molecule has 0 unspecified atom stereocenters. The van der Waals surface area contributed by atoms with Crippen LogP contribution in [0.2, 0.25) is 0 Å². The summed E-state index contributed by atoms with van der Waals surface area (Å²) in [6.45, 7) is 0. The summed E-state index contributed by atoms with van der Waals surface area (Å²) in [5, 5.41) is 2.80. The molecule has 9 heteroatoms. The minimum Gasteiger partial charge on any atom is -0.497 e. The highest BCUT2D eigenvalue weighted by Gasteiger charge is 2.19. The number of methoxy groups -OCH3 is 1. The second-order valence-corrected chi connectivity index (χ2v) is 6.87. The van der Waals surface area contributed by atoms with E-state index in [0.29, 0.717) is 32.9 Å². The Labute approximate surface area is 172 Å². The molecule has 0 aliphatic rings. The molecule has 6 nitrogen and oxygen atoms in total. The average Bonchev–Trinajstić information content (AvgIpc) is 3.07. The van der Waals surface area contributed by atoms with Crippen LogP contribution in [0.1, 0.15) is 10.4 Å². The summed E-state index contributed by atoms with van der Waals surface area (Å²) in [6.07, 6.45) is 3.12. The van der Waals surface area contributed by atoms with E-state index in [0.717, 1.165) is 12.1 Å². The minimum absolute atomic E-state index is 0.283. The molecule has 2 aromatic carbocycles. The molecule has 0 saturated heterocycles. The zero-order valence-corrected chi connectivity index (χ0v) is 16.6. The van der Waals surface area contributed by atoms with Crippen molar-refractivity contribution in [2.24, 2.45) is 0 Å². The van der Waals surface area contributed by atoms with Gasteiger partial charge in [0.2, 0.25) is 0 Å². The van der Waals surface area contributed by atoms with Crippen LogP contribution in [0.4, 0.5) is 14.6 Å². The molecule has 0 atom stereocenters. The maximum atomic E-state index is 13.8. The number of amides is 1. The van der Waals surface area contributed by atoms with Gasteiger partial charge in [-0.25, -0.2) is 18.7 Å². The highest BCUT2D eigenvalue weighted by atomic mass is 79.9. The number of hydrogen-bond acceptors (Lipinski definition) is 4. The molecular formula is C20H13BrF2N4O2. The van der Waals surface area contributed by atoms with Crippen molar-refractivity contribution in [3.63, 3.8) is 0 Å². The van der Waals surface area contributed by atoms with Crippen LogP contribution in [-0.4, -0.2) is 27.4 Å². The van der Waals surface area contributed by atoms with Crippen molar-refractivity contribution in [3.8, 4) is 17.0 Å². The van der Waals surface area contributed by atoms with Crippen LogP contribution >= 0.6 is 15.9 Å². The summed E-state index contributed by atoms with van der Waals surface area (Å²) < 4.78 is 34.4. The highest BCUT2D eigenvalue weighted by molar-refractivity contribution is 9.10. The van der Waals surface area contributed by atoms with Crippen molar-refractivity contribution < 1.29 is 18.3 Å². The molecule has 0 spiro atoms. The molecule has 2 heterocycles. The van der Waals surface area contributed by atoms with E-state index in [1.807, 2.05) is 0 Å². The van der Waals surface area contributed by atoms with E-state index in [1.54, 1.807) is 34.9 Å². The molecule has 29 heavy (non-hydrogen) atoms. The molecule has 1 N–H and O–H groups in total. The number of hydrogen-bond donors (Lipinski definition) is 1. The lowest BCUT2D eigenvalue weighted by Crippen LogP contribution is -2.14. The molecule has 146 valence electrons. The van der Waals surface area contributed by atoms with E-state index in [4.69, 9.17) is 4.74 Å². The summed E-state index contributed by atoms with van der Waals surface area (Å²) in [5.74, 6) is -1.45. The predicted octanol–water partition coefficient (Wildman–Crippen LogP) is 4.70. The average molecular weight is 459 g/mol. The van der Waals surface area contributed by atoms with Crippen molar-refractivity contribution >= 4 is 33.3 Å². The highest BCUT2D eigenvalue weighted by Crippen LogP contribution is 2.30. The number of nitrogens with zero attached hydrogens (tertiary/aromatic N) is 3. The Hall–Kier alpha value is -3.33. The van der Waals surface area contributed by atoms with Gasteiger partial charge in [0.1, 0.15) is 21.9 Å². The van der Waals surface area contributed by atoms with Crippen LogP contribution in [0.5, 0.6) is 5.75 Å². The van der Waals surface area contributed by atoms with Crippen LogP contribution in [0.3, 0.4) is 0 Å². The molecule has 4 rings (SSSR count). The number of carbonyl (C=O) groups excluding carboxylic acids is 1. The number of halogens is 3. The Balaban J connectivity index is 1.81. The smallest absolute Gasteiger partial charge is 0.256 e. The predicted molar refractivity (Wildman–Crippen MR) is 107 cm³/mol. The van der Waals surface area contributed by atoms with Gasteiger partial charge in [0.25, 0.3) is 5.91 Å². The molecule has 0 aliphatic heterocycles. The minimum atomic E-state index is -1.01. The van der Waals surface area contributed by atoms with E-state index in [1.165, 1.54) is 19.4 Å². The van der Waals surface area contributed by atoms with Gasteiger partial charge in [-0.2, -0.15) is 0 Å². The standard InChI is InChI=1S/C20H13BrF2N4O2/c1-29-13-5-2-11(3-6-13)20(28)26-19-18(12-4-7-14(22)15(23)8-12)25-17-9-24-16(21)10-27(17)19/h2-10H,1H3,(H,26,28). The number of fused-ring (bicyclic) bond motifs is 1. The zero-order valence-electron chi connectivity index (χ0n) is 15.0. The van der Waals surface area contributed by atoms with Crippen molar-refractivity contribution in [1.82, 2.24) is 14.4 Å². The molecule has 2 aromatic heterocycles. The van der Waals surface area contributed by atoms with Gasteiger partial charge in [0.15, 0.2) is 17.3 Å². The van der Waals surface area contributed by atoms with Gasteiger partial charge in [-0.1, -0.05) is 0 Å². The first-order chi connectivity index (χ1) is 14.0. The van der Waals surface area contributed by atoms with Crippen molar-refractivity contribution in [1.29, 1.82) is 0 Å². The van der Waals surface area contributed by atoms with Crippen molar-refractivity contribution in [2.75, 3.05) is 12.4 Å². The van der Waals surface area contributed by atoms with E-state index in [-0.39, 0.29) is 5.69 Å². The Kier molecular flexibility index (Phi) is 4.98. The summed E-state index contributed by atoms with van der Waals surface area (Å²) >= 11 is 3.28. The molecule has 0 saturated carbocycles. The number of nitrogens with one attached hydrogen (secondary N) is 1. The zero-order chi connectivity index (χ0) is 20.5. The Morgan fingerprint density at radius 2 is 1.90 bits per heavy atom. The number of carbonyl (C=O) groups is 1. The fourth-order valence-corrected chi connectivity index (χ4v) is 3.12. The van der Waals surface area contributed by atoms with Crippen LogP contribution in [-0.2, 0) is 0 Å². The summed E-state index contributed by atoms with van der Waals surface area (Å²) in [6, 6.07) is 10.0. The Morgan fingerprint density at radius 1 is 1.14 bits per heavy atom. The first-order valence-electron chi connectivity index (χ1n) is 8.40. The van der Waals surface area contributed by atoms with Gasteiger partial charge >= 0.3 is 0 Å². The number of benzene rings is 2. The number of anilines is 1. The number of ether oxygens (including phenoxy) is 1. The summed E-state index contributed by atoms with van der Waals surface area (Å²) in [5.41, 5.74) is 1.42. The molecular weight excluding hydrogens is 446 g/mol. The van der Waals surface area contributed by atoms with Crippen molar-refractivity contribution in [3.05, 3.63) is 76.7 Å². The maximum absolute atomic E-state index is 13.8. The topological polar surface area (TPSA) is 68.5 Å². The van der Waals surface area contributed by atoms with Crippen LogP contribution < -0.4 is 10.1 Å². The Bertz CT molecular complexity index is 1230. The molecule has 4 aromatic rings. The molecule has 1 amide bonds. The second-order valence-electron chi connectivity index (χ2n) is 6.06. The monoisotopic (exact) mass is 458 g/mol. The van der Waals surface area contributed by atoms with Gasteiger partial charge in [-0.05, 0) is 58.4 Å². The van der Waals surface area contributed by atoms with E-state index in [9.17, 15) is 13.6 Å². The van der Waals surface area contributed by atoms with Gasteiger partial charge in [0.05, 0.1) is 13.3 Å². The van der Waals surface area contributed by atoms with Crippen molar-refractivity contribution in [2.45, 2.75) is 0 Å². The molecule has 0 radical (unpaired) electrons. The maximum Gasteiger partial charge on any atom is 0.256 e. The lowest BCUT2D eigenvalue weighted by molar-refractivity contribution is 0.102. The van der Waals surface area contributed by atoms with Gasteiger partial charge in [-0.15, -0.1) is 0 Å². The normalized spacial score (nSPS) is 10.9. The lowest BCUT2D eigenvalue weighted by Gasteiger charge is -2.09. The van der Waals surface area contributed by atoms with Crippen LogP contribution in [0, 0.1) is 11.6 Å². The summed E-state index contributed by atoms with van der Waals surface area (Å²) in [7, 11) is 1.54. The third kappa shape index (κ3) is 3.68. The van der Waals surface area contributed by atoms with Crippen LogP contribution in [0.25, 0.3) is 16.9 Å². The van der Waals surface area contributed by atoms with E-state index < -0.39 is 17.5 Å². The fraction of sp³-hybridized carbons (Fsp3) is 0.0500. The second kappa shape index (κ2) is 7.59. The first kappa shape index (κ1) is 19.0. The molecule has 0 bridgehead atoms. The van der Waals surface area contributed by atoms with E-state index in [2.05, 4.69) is 31.2 Å². The van der Waals surface area contributed by atoms with Crippen LogP contribution in [0.15, 0.2) is 59.5 Å². The summed E-state index contributed by atoms with van der Waals surface area (Å²) in [4.78, 5) is 21.3. The lowest BCUT2D eigenvalue weighted by atomic mass is 10.1. The molecule has 0 fully saturated rings. The number of imidazole rings is 1. The SMILES string of the molecule is COc1ccc(C(=O)Nc2c(-c3ccc(F)c(F)c3)nc3cnc(Br)cn23)cc1. The third-order valence-corrected chi connectivity index (χ3v) is 4.66. The third-order valence-electron chi connectivity index (χ3n) is 4.25. The Morgan fingerprint density at radius 3 is 2.59 bits per heavy atom. The molecule has 0 aliphatic carbocycles. The number of aromatic nitrogens is 3. The number of rotatable bonds is 4. The largest absolute Gasteiger partial charge is 0.497 e. The van der Waals surface area contributed by atoms with Gasteiger partial charge < -0.3 is 10.1 Å². The fourth-order valence-electron chi connectivity index (χ4n) is 2.82. The van der Waals surface area contributed by atoms with E-state index >= 15 is 0 Å². The quantitative estimate of drug-likeness (QED) is 0.481. The van der Waals surface area contributed by atoms with Gasteiger partial charge in [0, 0.05) is 17.3 Å². The first-order valence-corrected chi connectivity index (χ1v) is 9.20.